The highest BCUT2D eigenvalue weighted by Crippen LogP contribution is 2.25. The normalized spacial score (nSPS) is 12.8. The Kier molecular flexibility index (Phi) is 7.79. The number of aliphatic imine (C=N–C) groups is 1. The van der Waals surface area contributed by atoms with Crippen LogP contribution in [-0.2, 0) is 4.79 Å². The predicted octanol–water partition coefficient (Wildman–Crippen LogP) is 4.10. The van der Waals surface area contributed by atoms with Crippen molar-refractivity contribution in [2.75, 3.05) is 13.7 Å². The molecule has 1 aromatic rings. The van der Waals surface area contributed by atoms with Crippen LogP contribution in [0.2, 0.25) is 0 Å². The van der Waals surface area contributed by atoms with Crippen molar-refractivity contribution in [3.8, 4) is 5.75 Å². The van der Waals surface area contributed by atoms with Crippen LogP contribution in [-0.4, -0.2) is 37.0 Å². The fraction of sp³-hybridized carbons (Fsp3) is 0.350. The number of carbonyl (C=O) groups excluding carboxylic acids is 1. The van der Waals surface area contributed by atoms with Crippen LogP contribution in [0.4, 0.5) is 0 Å². The summed E-state index contributed by atoms with van der Waals surface area (Å²) >= 11 is 0. The van der Waals surface area contributed by atoms with E-state index in [1.807, 2.05) is 45.9 Å². The summed E-state index contributed by atoms with van der Waals surface area (Å²) in [5.74, 6) is 0.413. The molecular weight excluding hydrogens is 314 g/mol. The van der Waals surface area contributed by atoms with Gasteiger partial charge in [-0.25, -0.2) is 5.01 Å². The van der Waals surface area contributed by atoms with Gasteiger partial charge in [-0.3, -0.25) is 9.79 Å². The van der Waals surface area contributed by atoms with E-state index in [4.69, 9.17) is 4.74 Å². The van der Waals surface area contributed by atoms with Crippen molar-refractivity contribution in [3.63, 3.8) is 0 Å². The van der Waals surface area contributed by atoms with Crippen molar-refractivity contribution in [2.45, 2.75) is 33.6 Å². The number of aryl methyl sites for hydroxylation is 1. The molecule has 5 heteroatoms. The van der Waals surface area contributed by atoms with Gasteiger partial charge < -0.3 is 4.74 Å². The van der Waals surface area contributed by atoms with Gasteiger partial charge in [-0.15, -0.1) is 0 Å². The van der Waals surface area contributed by atoms with Crippen LogP contribution in [0.3, 0.4) is 0 Å². The van der Waals surface area contributed by atoms with E-state index in [1.165, 1.54) is 5.01 Å². The average Bonchev–Trinajstić information content (AvgIpc) is 2.62. The summed E-state index contributed by atoms with van der Waals surface area (Å²) in [6, 6.07) is 5.73. The number of allylic oxidation sites excluding steroid dienone is 2. The Morgan fingerprint density at radius 2 is 2.12 bits per heavy atom. The molecule has 0 aliphatic rings. The van der Waals surface area contributed by atoms with E-state index in [-0.39, 0.29) is 11.8 Å². The molecule has 0 aliphatic heterocycles. The topological polar surface area (TPSA) is 54.3 Å². The predicted molar refractivity (Wildman–Crippen MR) is 104 cm³/mol. The highest BCUT2D eigenvalue weighted by Gasteiger charge is 2.22. The fourth-order valence-corrected chi connectivity index (χ4v) is 2.40. The van der Waals surface area contributed by atoms with Gasteiger partial charge in [-0.2, -0.15) is 5.10 Å². The number of ether oxygens (including phenoxy) is 1. The van der Waals surface area contributed by atoms with Crippen LogP contribution in [0.15, 0.2) is 52.7 Å². The van der Waals surface area contributed by atoms with Gasteiger partial charge in [-0.1, -0.05) is 12.6 Å². The molecule has 5 nitrogen and oxygen atoms in total. The highest BCUT2D eigenvalue weighted by molar-refractivity contribution is 6.00. The van der Waals surface area contributed by atoms with Gasteiger partial charge in [0.15, 0.2) is 0 Å². The van der Waals surface area contributed by atoms with Gasteiger partial charge in [0.25, 0.3) is 0 Å². The van der Waals surface area contributed by atoms with Gasteiger partial charge in [0.1, 0.15) is 5.75 Å². The van der Waals surface area contributed by atoms with Crippen molar-refractivity contribution in [2.24, 2.45) is 10.1 Å². The fourth-order valence-electron chi connectivity index (χ4n) is 2.40. The number of amides is 1. The maximum atomic E-state index is 12.9. The van der Waals surface area contributed by atoms with Crippen molar-refractivity contribution < 1.29 is 9.53 Å². The lowest BCUT2D eigenvalue weighted by atomic mass is 9.95. The number of carbonyl (C=O) groups is 1. The SMILES string of the molecule is C=N/C=C\C(=C)/C(C)=N/N(CC)C(=O)C(C)c1ccc(OC)cc1C. The van der Waals surface area contributed by atoms with Gasteiger partial charge in [0, 0.05) is 12.7 Å². The number of hydrogen-bond donors (Lipinski definition) is 0. The molecule has 1 aromatic carbocycles. The molecular formula is C20H27N3O2. The molecule has 1 rings (SSSR count). The average molecular weight is 341 g/mol. The smallest absolute Gasteiger partial charge is 0.249 e. The molecule has 0 aromatic heterocycles. The van der Waals surface area contributed by atoms with E-state index in [9.17, 15) is 4.79 Å². The number of hydrogen-bond acceptors (Lipinski definition) is 4. The summed E-state index contributed by atoms with van der Waals surface area (Å²) in [5, 5.41) is 5.90. The summed E-state index contributed by atoms with van der Waals surface area (Å²) in [4.78, 5) is 16.5. The van der Waals surface area contributed by atoms with Crippen molar-refractivity contribution >= 4 is 18.3 Å². The quantitative estimate of drug-likeness (QED) is 0.406. The van der Waals surface area contributed by atoms with E-state index < -0.39 is 0 Å². The van der Waals surface area contributed by atoms with Crippen molar-refractivity contribution in [1.82, 2.24) is 5.01 Å². The largest absolute Gasteiger partial charge is 0.497 e. The summed E-state index contributed by atoms with van der Waals surface area (Å²) in [6.07, 6.45) is 3.25. The molecule has 1 unspecified atom stereocenters. The monoisotopic (exact) mass is 341 g/mol. The first kappa shape index (κ1) is 20.4. The molecule has 0 radical (unpaired) electrons. The van der Waals surface area contributed by atoms with Crippen LogP contribution < -0.4 is 4.74 Å². The number of benzene rings is 1. The first-order valence-corrected chi connectivity index (χ1v) is 8.18. The van der Waals surface area contributed by atoms with Crippen LogP contribution in [0.25, 0.3) is 0 Å². The summed E-state index contributed by atoms with van der Waals surface area (Å²) < 4.78 is 5.22. The molecule has 0 N–H and O–H groups in total. The maximum Gasteiger partial charge on any atom is 0.249 e. The Hall–Kier alpha value is -2.69. The second kappa shape index (κ2) is 9.57. The number of nitrogens with zero attached hydrogens (tertiary/aromatic N) is 3. The third-order valence-corrected chi connectivity index (χ3v) is 3.98. The van der Waals surface area contributed by atoms with Crippen LogP contribution in [0, 0.1) is 6.92 Å². The molecule has 25 heavy (non-hydrogen) atoms. The number of hydrazone groups is 1. The molecule has 1 amide bonds. The van der Waals surface area contributed by atoms with Crippen LogP contribution in [0.5, 0.6) is 5.75 Å². The molecule has 0 aliphatic carbocycles. The Morgan fingerprint density at radius 1 is 1.44 bits per heavy atom. The van der Waals surface area contributed by atoms with E-state index in [2.05, 4.69) is 23.4 Å². The standard InChI is InChI=1S/C20H27N3O2/c1-8-23(22-17(5)14(2)11-12-21-6)20(24)16(4)19-10-9-18(25-7)13-15(19)3/h9-13,16H,2,6,8H2,1,3-5,7H3/b12-11-,22-17+. The second-order valence-corrected chi connectivity index (χ2v) is 5.71. The van der Waals surface area contributed by atoms with Crippen LogP contribution >= 0.6 is 0 Å². The van der Waals surface area contributed by atoms with Gasteiger partial charge in [0.05, 0.1) is 18.7 Å². The van der Waals surface area contributed by atoms with Crippen molar-refractivity contribution in [3.05, 3.63) is 53.8 Å². The minimum atomic E-state index is -0.305. The summed E-state index contributed by atoms with van der Waals surface area (Å²) in [6.45, 7) is 15.4. The molecule has 0 bridgehead atoms. The number of rotatable bonds is 8. The van der Waals surface area contributed by atoms with E-state index in [0.717, 1.165) is 16.9 Å². The molecule has 0 heterocycles. The third-order valence-electron chi connectivity index (χ3n) is 3.98. The van der Waals surface area contributed by atoms with Gasteiger partial charge in [0.2, 0.25) is 5.91 Å². The summed E-state index contributed by atoms with van der Waals surface area (Å²) in [5.41, 5.74) is 3.33. The van der Waals surface area contributed by atoms with Crippen LogP contribution in [0.1, 0.15) is 37.8 Å². The third kappa shape index (κ3) is 5.41. The minimum absolute atomic E-state index is 0.0613. The molecule has 0 fully saturated rings. The Balaban J connectivity index is 3.03. The molecule has 0 saturated heterocycles. The van der Waals surface area contributed by atoms with E-state index in [1.54, 1.807) is 19.4 Å². The van der Waals surface area contributed by atoms with E-state index >= 15 is 0 Å². The highest BCUT2D eigenvalue weighted by atomic mass is 16.5. The lowest BCUT2D eigenvalue weighted by molar-refractivity contribution is -0.132. The molecule has 134 valence electrons. The Labute approximate surface area is 150 Å². The molecule has 0 spiro atoms. The second-order valence-electron chi connectivity index (χ2n) is 5.71. The van der Waals surface area contributed by atoms with Crippen molar-refractivity contribution in [1.29, 1.82) is 0 Å². The maximum absolute atomic E-state index is 12.9. The zero-order chi connectivity index (χ0) is 19.0. The first-order chi connectivity index (χ1) is 11.8. The number of likely N-dealkylation sites (N-methyl/N-ethyl adjacent to an activating group) is 1. The van der Waals surface area contributed by atoms with Gasteiger partial charge >= 0.3 is 0 Å². The lowest BCUT2D eigenvalue weighted by Crippen LogP contribution is -2.31. The Morgan fingerprint density at radius 3 is 2.64 bits per heavy atom. The van der Waals surface area contributed by atoms with Gasteiger partial charge in [-0.05, 0) is 69.3 Å². The lowest BCUT2D eigenvalue weighted by Gasteiger charge is -2.22. The number of methoxy groups -OCH3 is 1. The summed E-state index contributed by atoms with van der Waals surface area (Å²) in [7, 11) is 1.63. The Bertz CT molecular complexity index is 705. The zero-order valence-electron chi connectivity index (χ0n) is 15.7. The molecule has 0 saturated carbocycles. The zero-order valence-corrected chi connectivity index (χ0v) is 15.7. The van der Waals surface area contributed by atoms with E-state index in [0.29, 0.717) is 17.8 Å². The minimum Gasteiger partial charge on any atom is -0.497 e. The first-order valence-electron chi connectivity index (χ1n) is 8.18. The molecule has 1 atom stereocenters.